The lowest BCUT2D eigenvalue weighted by Gasteiger charge is -2.36. The van der Waals surface area contributed by atoms with Gasteiger partial charge in [-0.25, -0.2) is 0 Å². The molecule has 2 heteroatoms. The maximum atomic E-state index is 6.07. The maximum Gasteiger partial charge on any atom is 0.0325 e. The van der Waals surface area contributed by atoms with E-state index in [0.717, 1.165) is 13.0 Å². The van der Waals surface area contributed by atoms with Gasteiger partial charge >= 0.3 is 0 Å². The summed E-state index contributed by atoms with van der Waals surface area (Å²) in [6, 6.07) is 11.4. The van der Waals surface area contributed by atoms with E-state index >= 15 is 0 Å². The SMILES string of the molecule is CC(c1ccccc1)N1CC(N)CC1(C)C. The Kier molecular flexibility index (Phi) is 3.04. The van der Waals surface area contributed by atoms with Crippen molar-refractivity contribution in [3.63, 3.8) is 0 Å². The first-order valence-corrected chi connectivity index (χ1v) is 6.08. The lowest BCUT2D eigenvalue weighted by molar-refractivity contribution is 0.125. The zero-order valence-electron chi connectivity index (χ0n) is 10.5. The fourth-order valence-corrected chi connectivity index (χ4v) is 2.92. The molecule has 1 fully saturated rings. The summed E-state index contributed by atoms with van der Waals surface area (Å²) in [5, 5.41) is 0. The Morgan fingerprint density at radius 1 is 1.31 bits per heavy atom. The molecule has 0 amide bonds. The Morgan fingerprint density at radius 2 is 1.94 bits per heavy atom. The minimum Gasteiger partial charge on any atom is -0.326 e. The van der Waals surface area contributed by atoms with Crippen LogP contribution >= 0.6 is 0 Å². The van der Waals surface area contributed by atoms with Crippen molar-refractivity contribution in [1.82, 2.24) is 4.90 Å². The van der Waals surface area contributed by atoms with Crippen molar-refractivity contribution < 1.29 is 0 Å². The minimum absolute atomic E-state index is 0.217. The molecule has 0 aliphatic carbocycles. The lowest BCUT2D eigenvalue weighted by atomic mass is 9.97. The van der Waals surface area contributed by atoms with Crippen molar-refractivity contribution in [3.8, 4) is 0 Å². The maximum absolute atomic E-state index is 6.07. The first-order chi connectivity index (χ1) is 7.50. The molecule has 0 saturated carbocycles. The fourth-order valence-electron chi connectivity index (χ4n) is 2.92. The number of nitrogens with two attached hydrogens (primary N) is 1. The van der Waals surface area contributed by atoms with E-state index in [1.165, 1.54) is 5.56 Å². The van der Waals surface area contributed by atoms with Crippen LogP contribution in [0, 0.1) is 0 Å². The Morgan fingerprint density at radius 3 is 2.44 bits per heavy atom. The molecule has 1 saturated heterocycles. The van der Waals surface area contributed by atoms with Crippen molar-refractivity contribution in [2.45, 2.75) is 44.8 Å². The molecule has 1 aliphatic heterocycles. The molecule has 0 bridgehead atoms. The van der Waals surface area contributed by atoms with E-state index in [2.05, 4.69) is 56.0 Å². The van der Waals surface area contributed by atoms with Crippen LogP contribution in [0.5, 0.6) is 0 Å². The molecule has 16 heavy (non-hydrogen) atoms. The van der Waals surface area contributed by atoms with Crippen LogP contribution in [0.2, 0.25) is 0 Å². The molecule has 0 aromatic heterocycles. The first-order valence-electron chi connectivity index (χ1n) is 6.08. The number of nitrogens with zero attached hydrogens (tertiary/aromatic N) is 1. The second-order valence-electron chi connectivity index (χ2n) is 5.52. The van der Waals surface area contributed by atoms with Crippen LogP contribution in [-0.4, -0.2) is 23.0 Å². The summed E-state index contributed by atoms with van der Waals surface area (Å²) in [4.78, 5) is 2.52. The first kappa shape index (κ1) is 11.6. The summed E-state index contributed by atoms with van der Waals surface area (Å²) < 4.78 is 0. The third kappa shape index (κ3) is 2.13. The standard InChI is InChI=1S/C14H22N2/c1-11(12-7-5-4-6-8-12)16-10-13(15)9-14(16,2)3/h4-8,11,13H,9-10,15H2,1-3H3. The molecular weight excluding hydrogens is 196 g/mol. The largest absolute Gasteiger partial charge is 0.326 e. The molecule has 2 rings (SSSR count). The second-order valence-corrected chi connectivity index (χ2v) is 5.52. The molecule has 2 N–H and O–H groups in total. The van der Waals surface area contributed by atoms with Crippen LogP contribution in [-0.2, 0) is 0 Å². The van der Waals surface area contributed by atoms with E-state index in [-0.39, 0.29) is 5.54 Å². The van der Waals surface area contributed by atoms with E-state index < -0.39 is 0 Å². The van der Waals surface area contributed by atoms with Crippen molar-refractivity contribution >= 4 is 0 Å². The van der Waals surface area contributed by atoms with Crippen molar-refractivity contribution in [3.05, 3.63) is 35.9 Å². The van der Waals surface area contributed by atoms with E-state index in [9.17, 15) is 0 Å². The Hall–Kier alpha value is -0.860. The summed E-state index contributed by atoms with van der Waals surface area (Å²) in [6.07, 6.45) is 1.09. The minimum atomic E-state index is 0.217. The zero-order valence-corrected chi connectivity index (χ0v) is 10.5. The molecule has 2 atom stereocenters. The van der Waals surface area contributed by atoms with Crippen molar-refractivity contribution in [2.75, 3.05) is 6.54 Å². The third-order valence-electron chi connectivity index (χ3n) is 3.72. The van der Waals surface area contributed by atoms with Crippen LogP contribution < -0.4 is 5.73 Å². The van der Waals surface area contributed by atoms with E-state index in [1.807, 2.05) is 0 Å². The van der Waals surface area contributed by atoms with Crippen molar-refractivity contribution in [2.24, 2.45) is 5.73 Å². The number of hydrogen-bond donors (Lipinski definition) is 1. The highest BCUT2D eigenvalue weighted by molar-refractivity contribution is 5.19. The van der Waals surface area contributed by atoms with Crippen LogP contribution in [0.1, 0.15) is 38.8 Å². The van der Waals surface area contributed by atoms with Gasteiger partial charge in [0.05, 0.1) is 0 Å². The van der Waals surface area contributed by atoms with Gasteiger partial charge in [-0.1, -0.05) is 30.3 Å². The Balaban J connectivity index is 2.19. The molecule has 0 radical (unpaired) electrons. The number of rotatable bonds is 2. The van der Waals surface area contributed by atoms with Gasteiger partial charge in [0.1, 0.15) is 0 Å². The average molecular weight is 218 g/mol. The van der Waals surface area contributed by atoms with Gasteiger partial charge in [-0.2, -0.15) is 0 Å². The molecule has 1 aromatic rings. The highest BCUT2D eigenvalue weighted by Crippen LogP contribution is 2.35. The number of likely N-dealkylation sites (tertiary alicyclic amines) is 1. The number of benzene rings is 1. The monoisotopic (exact) mass is 218 g/mol. The van der Waals surface area contributed by atoms with Crippen molar-refractivity contribution in [1.29, 1.82) is 0 Å². The summed E-state index contributed by atoms with van der Waals surface area (Å²) in [7, 11) is 0. The lowest BCUT2D eigenvalue weighted by Crippen LogP contribution is -2.40. The van der Waals surface area contributed by atoms with Gasteiger partial charge in [0.2, 0.25) is 0 Å². The summed E-state index contributed by atoms with van der Waals surface area (Å²) >= 11 is 0. The molecule has 2 nitrogen and oxygen atoms in total. The molecule has 1 heterocycles. The summed E-state index contributed by atoms with van der Waals surface area (Å²) in [6.45, 7) is 7.86. The second kappa shape index (κ2) is 4.19. The highest BCUT2D eigenvalue weighted by atomic mass is 15.3. The van der Waals surface area contributed by atoms with Crippen LogP contribution in [0.3, 0.4) is 0 Å². The smallest absolute Gasteiger partial charge is 0.0325 e. The number of hydrogen-bond acceptors (Lipinski definition) is 2. The normalized spacial score (nSPS) is 26.9. The predicted molar refractivity (Wildman–Crippen MR) is 68.2 cm³/mol. The van der Waals surface area contributed by atoms with Gasteiger partial charge in [0.15, 0.2) is 0 Å². The van der Waals surface area contributed by atoms with Crippen LogP contribution in [0.25, 0.3) is 0 Å². The van der Waals surface area contributed by atoms with Crippen LogP contribution in [0.4, 0.5) is 0 Å². The molecule has 1 aromatic carbocycles. The van der Waals surface area contributed by atoms with Gasteiger partial charge in [-0.3, -0.25) is 4.90 Å². The van der Waals surface area contributed by atoms with Crippen LogP contribution in [0.15, 0.2) is 30.3 Å². The highest BCUT2D eigenvalue weighted by Gasteiger charge is 2.39. The van der Waals surface area contributed by atoms with Gasteiger partial charge in [0, 0.05) is 24.2 Å². The fraction of sp³-hybridized carbons (Fsp3) is 0.571. The zero-order chi connectivity index (χ0) is 11.8. The molecular formula is C14H22N2. The average Bonchev–Trinajstić information content (AvgIpc) is 2.52. The van der Waals surface area contributed by atoms with Gasteiger partial charge in [-0.15, -0.1) is 0 Å². The van der Waals surface area contributed by atoms with Gasteiger partial charge < -0.3 is 5.73 Å². The van der Waals surface area contributed by atoms with E-state index in [0.29, 0.717) is 12.1 Å². The Labute approximate surface area is 98.4 Å². The quantitative estimate of drug-likeness (QED) is 0.826. The van der Waals surface area contributed by atoms with Gasteiger partial charge in [0.25, 0.3) is 0 Å². The predicted octanol–water partition coefficient (Wildman–Crippen LogP) is 2.56. The molecule has 0 spiro atoms. The summed E-state index contributed by atoms with van der Waals surface area (Å²) in [5.41, 5.74) is 7.67. The van der Waals surface area contributed by atoms with E-state index in [1.54, 1.807) is 0 Å². The molecule has 1 aliphatic rings. The van der Waals surface area contributed by atoms with E-state index in [4.69, 9.17) is 5.73 Å². The summed E-state index contributed by atoms with van der Waals surface area (Å²) in [5.74, 6) is 0. The topological polar surface area (TPSA) is 29.3 Å². The molecule has 2 unspecified atom stereocenters. The Bertz CT molecular complexity index is 345. The molecule has 88 valence electrons. The van der Waals surface area contributed by atoms with Gasteiger partial charge in [-0.05, 0) is 32.8 Å². The third-order valence-corrected chi connectivity index (χ3v) is 3.72.